The summed E-state index contributed by atoms with van der Waals surface area (Å²) >= 11 is 0. The van der Waals surface area contributed by atoms with E-state index in [1.807, 2.05) is 18.7 Å². The molecule has 11 heteroatoms. The highest BCUT2D eigenvalue weighted by molar-refractivity contribution is 5.99. The lowest BCUT2D eigenvalue weighted by molar-refractivity contribution is 0.178. The number of aliphatic imine (C=N–C) groups is 2. The molecule has 1 fully saturated rings. The first-order valence-electron chi connectivity index (χ1n) is 13.3. The monoisotopic (exact) mass is 556 g/mol. The van der Waals surface area contributed by atoms with Crippen LogP contribution in [-0.4, -0.2) is 55.9 Å². The molecule has 2 aliphatic heterocycles. The molecule has 0 saturated carbocycles. The van der Waals surface area contributed by atoms with E-state index in [-0.39, 0.29) is 34.9 Å². The molecule has 2 aromatic carbocycles. The zero-order valence-electron chi connectivity index (χ0n) is 23.0. The number of benzene rings is 2. The number of nitrogens with one attached hydrogen (secondary N) is 1. The minimum atomic E-state index is -0.654. The third-order valence-corrected chi connectivity index (χ3v) is 7.25. The van der Waals surface area contributed by atoms with Gasteiger partial charge in [0.2, 0.25) is 5.96 Å². The summed E-state index contributed by atoms with van der Waals surface area (Å²) in [5.74, 6) is -1.39. The Bertz CT molecular complexity index is 1330. The zero-order valence-corrected chi connectivity index (χ0v) is 23.0. The zero-order chi connectivity index (χ0) is 29.0. The molecule has 0 unspecified atom stereocenters. The molecule has 0 spiro atoms. The SMILES string of the molecule is C=NC(=N/C(=C(\C)F)c1cc(F)c2c(c1)N(C(C)C)CCO2)Nc1ccc(CC2CCN(C(N)=O)CC2)c(F)c1. The Kier molecular flexibility index (Phi) is 9.01. The van der Waals surface area contributed by atoms with Gasteiger partial charge in [0.15, 0.2) is 11.6 Å². The van der Waals surface area contributed by atoms with E-state index in [9.17, 15) is 13.6 Å². The summed E-state index contributed by atoms with van der Waals surface area (Å²) in [5.41, 5.74) is 6.83. The minimum Gasteiger partial charge on any atom is -0.486 e. The van der Waals surface area contributed by atoms with Crippen LogP contribution in [0.5, 0.6) is 5.75 Å². The quantitative estimate of drug-likeness (QED) is 0.351. The second-order valence-corrected chi connectivity index (χ2v) is 10.3. The normalized spacial score (nSPS) is 16.8. The molecule has 4 rings (SSSR count). The topological polar surface area (TPSA) is 95.6 Å². The van der Waals surface area contributed by atoms with E-state index >= 15 is 4.39 Å². The van der Waals surface area contributed by atoms with Gasteiger partial charge in [0.05, 0.1) is 12.2 Å². The molecule has 40 heavy (non-hydrogen) atoms. The van der Waals surface area contributed by atoms with Crippen molar-refractivity contribution in [1.82, 2.24) is 4.90 Å². The number of piperidine rings is 1. The van der Waals surface area contributed by atoms with Crippen molar-refractivity contribution < 1.29 is 22.7 Å². The van der Waals surface area contributed by atoms with E-state index in [0.717, 1.165) is 12.8 Å². The molecule has 2 aromatic rings. The maximum atomic E-state index is 15.0. The van der Waals surface area contributed by atoms with Gasteiger partial charge >= 0.3 is 6.03 Å². The number of urea groups is 1. The first kappa shape index (κ1) is 29.0. The average molecular weight is 557 g/mol. The summed E-state index contributed by atoms with van der Waals surface area (Å²) in [4.78, 5) is 23.0. The van der Waals surface area contributed by atoms with Crippen LogP contribution in [0, 0.1) is 17.6 Å². The number of rotatable bonds is 6. The number of anilines is 2. The molecule has 0 bridgehead atoms. The molecule has 2 heterocycles. The lowest BCUT2D eigenvalue weighted by atomic mass is 9.90. The third-order valence-electron chi connectivity index (χ3n) is 7.25. The number of nitrogens with two attached hydrogens (primary N) is 1. The Balaban J connectivity index is 1.53. The van der Waals surface area contributed by atoms with Crippen LogP contribution in [-0.2, 0) is 6.42 Å². The predicted molar refractivity (Wildman–Crippen MR) is 153 cm³/mol. The summed E-state index contributed by atoms with van der Waals surface area (Å²) in [6.07, 6.45) is 2.04. The maximum Gasteiger partial charge on any atom is 0.314 e. The molecule has 3 N–H and O–H groups in total. The maximum absolute atomic E-state index is 15.0. The smallest absolute Gasteiger partial charge is 0.314 e. The Morgan fingerprint density at radius 1 is 1.18 bits per heavy atom. The van der Waals surface area contributed by atoms with E-state index < -0.39 is 23.5 Å². The Morgan fingerprint density at radius 3 is 2.50 bits per heavy atom. The minimum absolute atomic E-state index is 0.0759. The second kappa shape index (κ2) is 12.4. The van der Waals surface area contributed by atoms with Crippen LogP contribution in [0.25, 0.3) is 5.70 Å². The van der Waals surface area contributed by atoms with Crippen LogP contribution in [0.3, 0.4) is 0 Å². The fourth-order valence-corrected chi connectivity index (χ4v) is 5.11. The molecular weight excluding hydrogens is 521 g/mol. The second-order valence-electron chi connectivity index (χ2n) is 10.3. The number of halogens is 3. The average Bonchev–Trinajstić information content (AvgIpc) is 2.92. The molecule has 0 atom stereocenters. The number of carbonyl (C=O) groups is 1. The summed E-state index contributed by atoms with van der Waals surface area (Å²) in [7, 11) is 0. The predicted octanol–water partition coefficient (Wildman–Crippen LogP) is 5.73. The van der Waals surface area contributed by atoms with Crippen molar-refractivity contribution in [3.8, 4) is 5.75 Å². The van der Waals surface area contributed by atoms with Gasteiger partial charge in [-0.1, -0.05) is 6.07 Å². The number of carbonyl (C=O) groups excluding carboxylic acids is 1. The van der Waals surface area contributed by atoms with E-state index in [1.54, 1.807) is 23.1 Å². The number of fused-ring (bicyclic) bond motifs is 1. The van der Waals surface area contributed by atoms with Crippen molar-refractivity contribution in [1.29, 1.82) is 0 Å². The van der Waals surface area contributed by atoms with Crippen LogP contribution in [0.2, 0.25) is 0 Å². The number of amides is 2. The largest absolute Gasteiger partial charge is 0.486 e. The van der Waals surface area contributed by atoms with Gasteiger partial charge in [-0.2, -0.15) is 0 Å². The molecule has 214 valence electrons. The standard InChI is InChI=1S/C29H35F3N6O2/c1-17(2)38-11-12-40-27-24(32)14-21(15-25(27)38)26(18(3)30)36-29(34-4)35-22-6-5-20(23(31)16-22)13-19-7-9-37(10-8-19)28(33)39/h5-6,14-17,19H,4,7-13H2,1-3H3,(H2,33,39)(H,35,36)/b26-18+. The van der Waals surface area contributed by atoms with E-state index in [0.29, 0.717) is 49.6 Å². The first-order valence-corrected chi connectivity index (χ1v) is 13.3. The van der Waals surface area contributed by atoms with Gasteiger partial charge in [-0.3, -0.25) is 0 Å². The number of guanidine groups is 1. The third kappa shape index (κ3) is 6.57. The molecule has 0 aromatic heterocycles. The number of likely N-dealkylation sites (tertiary alicyclic amines) is 1. The number of nitrogens with zero attached hydrogens (tertiary/aromatic N) is 4. The van der Waals surface area contributed by atoms with Gasteiger partial charge in [0.25, 0.3) is 0 Å². The van der Waals surface area contributed by atoms with Gasteiger partial charge in [0.1, 0.15) is 23.9 Å². The van der Waals surface area contributed by atoms with E-state index in [1.165, 1.54) is 19.1 Å². The van der Waals surface area contributed by atoms with Crippen LogP contribution in [0.15, 0.2) is 46.1 Å². The Hall–Kier alpha value is -4.02. The molecule has 0 radical (unpaired) electrons. The lowest BCUT2D eigenvalue weighted by Gasteiger charge is -2.34. The van der Waals surface area contributed by atoms with Crippen LogP contribution in [0.1, 0.15) is 44.7 Å². The van der Waals surface area contributed by atoms with Crippen molar-refractivity contribution in [3.05, 3.63) is 58.9 Å². The highest BCUT2D eigenvalue weighted by Gasteiger charge is 2.26. The van der Waals surface area contributed by atoms with E-state index in [2.05, 4.69) is 22.0 Å². The molecule has 2 amide bonds. The van der Waals surface area contributed by atoms with Gasteiger partial charge < -0.3 is 25.6 Å². The number of primary amides is 1. The Labute approximate surface area is 232 Å². The van der Waals surface area contributed by atoms with Gasteiger partial charge in [-0.05, 0) is 82.5 Å². The molecule has 1 saturated heterocycles. The van der Waals surface area contributed by atoms with Gasteiger partial charge in [0, 0.05) is 30.4 Å². The summed E-state index contributed by atoms with van der Waals surface area (Å²) in [5, 5.41) is 2.87. The van der Waals surface area contributed by atoms with Crippen molar-refractivity contribution in [2.75, 3.05) is 36.5 Å². The van der Waals surface area contributed by atoms with Gasteiger partial charge in [-0.15, -0.1) is 0 Å². The van der Waals surface area contributed by atoms with Gasteiger partial charge in [-0.25, -0.2) is 28.0 Å². The number of hydrogen-bond acceptors (Lipinski definition) is 4. The molecular formula is C29H35F3N6O2. The number of ether oxygens (including phenoxy) is 1. The fourth-order valence-electron chi connectivity index (χ4n) is 5.11. The molecule has 2 aliphatic rings. The van der Waals surface area contributed by atoms with Crippen LogP contribution < -0.4 is 20.7 Å². The Morgan fingerprint density at radius 2 is 1.90 bits per heavy atom. The highest BCUT2D eigenvalue weighted by atomic mass is 19.1. The van der Waals surface area contributed by atoms with Crippen LogP contribution >= 0.6 is 0 Å². The summed E-state index contributed by atoms with van der Waals surface area (Å²) in [6.45, 7) is 10.7. The van der Waals surface area contributed by atoms with Crippen LogP contribution in [0.4, 0.5) is 29.3 Å². The highest BCUT2D eigenvalue weighted by Crippen LogP contribution is 2.39. The first-order chi connectivity index (χ1) is 19.1. The van der Waals surface area contributed by atoms with Crippen molar-refractivity contribution in [3.63, 3.8) is 0 Å². The fraction of sp³-hybridized carbons (Fsp3) is 0.414. The van der Waals surface area contributed by atoms with Crippen molar-refractivity contribution in [2.45, 2.75) is 46.1 Å². The molecule has 0 aliphatic carbocycles. The summed E-state index contributed by atoms with van der Waals surface area (Å²) in [6, 6.07) is 7.13. The van der Waals surface area contributed by atoms with Crippen molar-refractivity contribution >= 4 is 35.8 Å². The van der Waals surface area contributed by atoms with Crippen molar-refractivity contribution in [2.24, 2.45) is 21.6 Å². The lowest BCUT2D eigenvalue weighted by Crippen LogP contribution is -2.41. The van der Waals surface area contributed by atoms with E-state index in [4.69, 9.17) is 10.5 Å². The number of hydrogen-bond donors (Lipinski definition) is 2. The molecule has 8 nitrogen and oxygen atoms in total. The summed E-state index contributed by atoms with van der Waals surface area (Å²) < 4.78 is 50.3. The number of allylic oxidation sites excluding steroid dienone is 1.